The first-order valence-electron chi connectivity index (χ1n) is 6.13. The number of rotatable bonds is 10. The molecule has 0 heterocycles. The summed E-state index contributed by atoms with van der Waals surface area (Å²) in [4.78, 5) is 21.7. The molecule has 0 fully saturated rings. The Morgan fingerprint density at radius 3 is 1.42 bits per heavy atom. The molecule has 19 heavy (non-hydrogen) atoms. The van der Waals surface area contributed by atoms with Gasteiger partial charge in [-0.1, -0.05) is 0 Å². The van der Waals surface area contributed by atoms with Gasteiger partial charge in [0.15, 0.2) is 0 Å². The maximum Gasteiger partial charge on any atom is 0.308 e. The summed E-state index contributed by atoms with van der Waals surface area (Å²) in [6.45, 7) is 2.63. The molecule has 0 aromatic carbocycles. The van der Waals surface area contributed by atoms with Crippen molar-refractivity contribution in [3.05, 3.63) is 0 Å². The molecule has 0 aliphatic carbocycles. The van der Waals surface area contributed by atoms with Gasteiger partial charge in [0.25, 0.3) is 0 Å². The quantitative estimate of drug-likeness (QED) is 0.441. The lowest BCUT2D eigenvalue weighted by atomic mass is 10.0. The Labute approximate surface area is 111 Å². The van der Waals surface area contributed by atoms with Gasteiger partial charge in [-0.05, 0) is 26.7 Å². The van der Waals surface area contributed by atoms with E-state index in [2.05, 4.69) is 0 Å². The average Bonchev–Trinajstić information content (AvgIpc) is 2.24. The second-order valence-corrected chi connectivity index (χ2v) is 4.78. The van der Waals surface area contributed by atoms with Crippen molar-refractivity contribution < 1.29 is 34.8 Å². The van der Waals surface area contributed by atoms with Crippen molar-refractivity contribution in [1.29, 1.82) is 0 Å². The van der Waals surface area contributed by atoms with Gasteiger partial charge in [0.1, 0.15) is 0 Å². The highest BCUT2D eigenvalue weighted by atomic mass is 16.5. The van der Waals surface area contributed by atoms with Crippen molar-refractivity contribution in [3.8, 4) is 0 Å². The topological polar surface area (TPSA) is 124 Å². The van der Waals surface area contributed by atoms with Crippen molar-refractivity contribution in [3.63, 3.8) is 0 Å². The van der Waals surface area contributed by atoms with Gasteiger partial charge in [-0.3, -0.25) is 9.59 Å². The van der Waals surface area contributed by atoms with Crippen molar-refractivity contribution in [1.82, 2.24) is 0 Å². The minimum atomic E-state index is -1.09. The lowest BCUT2D eigenvalue weighted by molar-refractivity contribution is -0.148. The van der Waals surface area contributed by atoms with E-state index in [0.29, 0.717) is 0 Å². The van der Waals surface area contributed by atoms with Gasteiger partial charge in [0.2, 0.25) is 0 Å². The fourth-order valence-electron chi connectivity index (χ4n) is 1.66. The smallest absolute Gasteiger partial charge is 0.308 e. The van der Waals surface area contributed by atoms with Crippen molar-refractivity contribution in [2.75, 3.05) is 13.2 Å². The number of ether oxygens (including phenoxy) is 1. The first-order chi connectivity index (χ1) is 8.73. The van der Waals surface area contributed by atoms with Crippen LogP contribution in [0.25, 0.3) is 0 Å². The number of hydrogen-bond donors (Lipinski definition) is 4. The van der Waals surface area contributed by atoms with Crippen LogP contribution in [0.4, 0.5) is 0 Å². The Morgan fingerprint density at radius 2 is 1.21 bits per heavy atom. The number of carboxylic acids is 2. The Bertz CT molecular complexity index is 260. The van der Waals surface area contributed by atoms with E-state index in [0.717, 1.165) is 0 Å². The molecule has 0 rings (SSSR count). The van der Waals surface area contributed by atoms with Crippen LogP contribution in [-0.4, -0.2) is 57.8 Å². The molecule has 4 N–H and O–H groups in total. The molecule has 0 saturated heterocycles. The number of aliphatic hydroxyl groups excluding tert-OH is 2. The standard InChI is InChI=1S/C12H22O7/c1-7(13)3-9(11(15)16)5-19-6-10(12(17)18)4-8(2)14/h7-10,13-14H,3-6H2,1-2H3,(H,15,16)(H,17,18). The number of hydrogen-bond acceptors (Lipinski definition) is 5. The lowest BCUT2D eigenvalue weighted by Crippen LogP contribution is -2.28. The Kier molecular flexibility index (Phi) is 8.29. The maximum absolute atomic E-state index is 10.9. The molecule has 0 aromatic heterocycles. The van der Waals surface area contributed by atoms with Crippen LogP contribution < -0.4 is 0 Å². The highest BCUT2D eigenvalue weighted by Gasteiger charge is 2.23. The summed E-state index contributed by atoms with van der Waals surface area (Å²) < 4.78 is 5.10. The minimum absolute atomic E-state index is 0.0451. The molecule has 0 aromatic rings. The Hall–Kier alpha value is -1.18. The first kappa shape index (κ1) is 17.8. The van der Waals surface area contributed by atoms with Gasteiger partial charge in [0.05, 0.1) is 37.3 Å². The van der Waals surface area contributed by atoms with Crippen molar-refractivity contribution in [2.24, 2.45) is 11.8 Å². The Balaban J connectivity index is 4.21. The fourth-order valence-corrected chi connectivity index (χ4v) is 1.66. The van der Waals surface area contributed by atoms with Crippen LogP contribution in [0.1, 0.15) is 26.7 Å². The molecular formula is C12H22O7. The molecular weight excluding hydrogens is 256 g/mol. The normalized spacial score (nSPS) is 17.5. The second kappa shape index (κ2) is 8.84. The summed E-state index contributed by atoms with van der Waals surface area (Å²) in [7, 11) is 0. The van der Waals surface area contributed by atoms with Crippen molar-refractivity contribution in [2.45, 2.75) is 38.9 Å². The summed E-state index contributed by atoms with van der Waals surface area (Å²) in [5.74, 6) is -3.94. The minimum Gasteiger partial charge on any atom is -0.481 e. The lowest BCUT2D eigenvalue weighted by Gasteiger charge is -2.17. The molecule has 7 nitrogen and oxygen atoms in total. The van der Waals surface area contributed by atoms with Crippen LogP contribution in [0, 0.1) is 11.8 Å². The van der Waals surface area contributed by atoms with E-state index in [9.17, 15) is 9.59 Å². The van der Waals surface area contributed by atoms with Gasteiger partial charge in [-0.25, -0.2) is 0 Å². The van der Waals surface area contributed by atoms with Crippen molar-refractivity contribution >= 4 is 11.9 Å². The van der Waals surface area contributed by atoms with E-state index in [4.69, 9.17) is 25.2 Å². The van der Waals surface area contributed by atoms with E-state index in [1.165, 1.54) is 13.8 Å². The van der Waals surface area contributed by atoms with Gasteiger partial charge < -0.3 is 25.2 Å². The Morgan fingerprint density at radius 1 is 0.895 bits per heavy atom. The fraction of sp³-hybridized carbons (Fsp3) is 0.833. The molecule has 4 atom stereocenters. The monoisotopic (exact) mass is 278 g/mol. The summed E-state index contributed by atoms with van der Waals surface area (Å²) in [5, 5.41) is 36.1. The summed E-state index contributed by atoms with van der Waals surface area (Å²) in [6.07, 6.45) is -1.44. The molecule has 112 valence electrons. The molecule has 0 bridgehead atoms. The summed E-state index contributed by atoms with van der Waals surface area (Å²) >= 11 is 0. The maximum atomic E-state index is 10.9. The predicted molar refractivity (Wildman–Crippen MR) is 65.7 cm³/mol. The largest absolute Gasteiger partial charge is 0.481 e. The van der Waals surface area contributed by atoms with Crippen LogP contribution in [-0.2, 0) is 14.3 Å². The van der Waals surface area contributed by atoms with Gasteiger partial charge in [-0.15, -0.1) is 0 Å². The molecule has 7 heteroatoms. The molecule has 0 spiro atoms. The molecule has 4 unspecified atom stereocenters. The molecule has 0 radical (unpaired) electrons. The first-order valence-corrected chi connectivity index (χ1v) is 6.13. The van der Waals surface area contributed by atoms with Gasteiger partial charge in [0, 0.05) is 0 Å². The predicted octanol–water partition coefficient (Wildman–Crippen LogP) is -0.0536. The van der Waals surface area contributed by atoms with Gasteiger partial charge in [-0.2, -0.15) is 0 Å². The van der Waals surface area contributed by atoms with Crippen LogP contribution in [0.15, 0.2) is 0 Å². The molecule has 0 saturated carbocycles. The van der Waals surface area contributed by atoms with E-state index < -0.39 is 36.0 Å². The molecule has 0 aliphatic heterocycles. The summed E-state index contributed by atoms with van der Waals surface area (Å²) in [6, 6.07) is 0. The van der Waals surface area contributed by atoms with E-state index >= 15 is 0 Å². The SMILES string of the molecule is CC(O)CC(COCC(CC(C)O)C(=O)O)C(=O)O. The van der Waals surface area contributed by atoms with Gasteiger partial charge >= 0.3 is 11.9 Å². The van der Waals surface area contributed by atoms with Crippen LogP contribution in [0.3, 0.4) is 0 Å². The molecule has 0 aliphatic rings. The van der Waals surface area contributed by atoms with E-state index in [1.807, 2.05) is 0 Å². The summed E-state index contributed by atoms with van der Waals surface area (Å²) in [5.41, 5.74) is 0. The zero-order valence-electron chi connectivity index (χ0n) is 11.2. The highest BCUT2D eigenvalue weighted by Crippen LogP contribution is 2.12. The highest BCUT2D eigenvalue weighted by molar-refractivity contribution is 5.70. The zero-order valence-corrected chi connectivity index (χ0v) is 11.2. The second-order valence-electron chi connectivity index (χ2n) is 4.78. The number of carboxylic acid groups (broad SMARTS) is 2. The van der Waals surface area contributed by atoms with Crippen LogP contribution in [0.5, 0.6) is 0 Å². The number of aliphatic carboxylic acids is 2. The third-order valence-electron chi connectivity index (χ3n) is 2.59. The third kappa shape index (κ3) is 8.52. The third-order valence-corrected chi connectivity index (χ3v) is 2.59. The zero-order chi connectivity index (χ0) is 15.0. The van der Waals surface area contributed by atoms with E-state index in [-0.39, 0.29) is 26.1 Å². The van der Waals surface area contributed by atoms with Crippen LogP contribution in [0.2, 0.25) is 0 Å². The number of carbonyl (C=O) groups is 2. The number of aliphatic hydroxyl groups is 2. The van der Waals surface area contributed by atoms with Crippen LogP contribution >= 0.6 is 0 Å². The molecule has 0 amide bonds. The average molecular weight is 278 g/mol. The van der Waals surface area contributed by atoms with E-state index in [1.54, 1.807) is 0 Å².